The van der Waals surface area contributed by atoms with E-state index in [0.717, 1.165) is 37.4 Å². The Morgan fingerprint density at radius 3 is 2.50 bits per heavy atom. The average molecular weight is 371 g/mol. The van der Waals surface area contributed by atoms with Crippen LogP contribution in [0.15, 0.2) is 60.7 Å². The van der Waals surface area contributed by atoms with Gasteiger partial charge in [-0.25, -0.2) is 0 Å². The Kier molecular flexibility index (Phi) is 4.33. The van der Waals surface area contributed by atoms with E-state index in [1.165, 1.54) is 33.4 Å². The second-order valence-electron chi connectivity index (χ2n) is 7.64. The van der Waals surface area contributed by atoms with Crippen molar-refractivity contribution in [1.82, 2.24) is 4.90 Å². The monoisotopic (exact) mass is 371 g/mol. The third-order valence-corrected chi connectivity index (χ3v) is 6.17. The molecule has 0 N–H and O–H groups in total. The minimum Gasteiger partial charge on any atom is -0.493 e. The van der Waals surface area contributed by atoms with E-state index in [0.29, 0.717) is 6.04 Å². The second-order valence-corrected chi connectivity index (χ2v) is 7.64. The molecule has 0 spiro atoms. The van der Waals surface area contributed by atoms with Crippen LogP contribution in [0.4, 0.5) is 0 Å². The summed E-state index contributed by atoms with van der Waals surface area (Å²) in [5.74, 6) is 1.70. The van der Waals surface area contributed by atoms with Gasteiger partial charge in [0.05, 0.1) is 14.2 Å². The van der Waals surface area contributed by atoms with Crippen LogP contribution >= 0.6 is 0 Å². The van der Waals surface area contributed by atoms with E-state index in [2.05, 4.69) is 65.6 Å². The third-order valence-electron chi connectivity index (χ3n) is 6.17. The van der Waals surface area contributed by atoms with Crippen LogP contribution in [0.1, 0.15) is 28.3 Å². The molecule has 3 heteroatoms. The van der Waals surface area contributed by atoms with Gasteiger partial charge in [-0.3, -0.25) is 4.90 Å². The molecule has 0 saturated heterocycles. The first-order valence-electron chi connectivity index (χ1n) is 9.94. The Balaban J connectivity index is 1.68. The van der Waals surface area contributed by atoms with Crippen LogP contribution < -0.4 is 9.47 Å². The van der Waals surface area contributed by atoms with Crippen molar-refractivity contribution in [3.8, 4) is 22.6 Å². The smallest absolute Gasteiger partial charge is 0.168 e. The highest BCUT2D eigenvalue weighted by Crippen LogP contribution is 2.52. The summed E-state index contributed by atoms with van der Waals surface area (Å²) in [6.45, 7) is 2.03. The summed E-state index contributed by atoms with van der Waals surface area (Å²) in [6, 6.07) is 22.1. The summed E-state index contributed by atoms with van der Waals surface area (Å²) >= 11 is 0. The molecule has 1 heterocycles. The number of hydrogen-bond donors (Lipinski definition) is 0. The molecule has 142 valence electrons. The molecule has 28 heavy (non-hydrogen) atoms. The molecule has 1 atom stereocenters. The standard InChI is InChI=1S/C25H25NO2/c1-27-22-15-19-12-13-26(16-17-8-4-3-5-9-17)21-14-18-10-6-7-11-20(18)24(23(19)21)25(22)28-2/h3-11,15,21H,12-14,16H2,1-2H3. The van der Waals surface area contributed by atoms with Gasteiger partial charge in [-0.05, 0) is 46.7 Å². The highest BCUT2D eigenvalue weighted by Gasteiger charge is 2.37. The number of rotatable bonds is 4. The topological polar surface area (TPSA) is 21.7 Å². The van der Waals surface area contributed by atoms with E-state index in [4.69, 9.17) is 9.47 Å². The lowest BCUT2D eigenvalue weighted by atomic mass is 9.76. The summed E-state index contributed by atoms with van der Waals surface area (Å²) in [6.07, 6.45) is 2.08. The van der Waals surface area contributed by atoms with Gasteiger partial charge in [0.15, 0.2) is 11.5 Å². The molecule has 0 bridgehead atoms. The predicted octanol–water partition coefficient (Wildman–Crippen LogP) is 5.03. The van der Waals surface area contributed by atoms with Gasteiger partial charge in [-0.15, -0.1) is 0 Å². The first-order chi connectivity index (χ1) is 13.8. The van der Waals surface area contributed by atoms with Crippen molar-refractivity contribution in [2.75, 3.05) is 20.8 Å². The maximum Gasteiger partial charge on any atom is 0.168 e. The zero-order valence-electron chi connectivity index (χ0n) is 16.4. The first kappa shape index (κ1) is 17.3. The van der Waals surface area contributed by atoms with Crippen LogP contribution in [0.25, 0.3) is 11.1 Å². The number of hydrogen-bond acceptors (Lipinski definition) is 3. The minimum absolute atomic E-state index is 0.369. The summed E-state index contributed by atoms with van der Waals surface area (Å²) in [5.41, 5.74) is 8.09. The molecule has 3 nitrogen and oxygen atoms in total. The summed E-state index contributed by atoms with van der Waals surface area (Å²) in [5, 5.41) is 0. The molecular weight excluding hydrogens is 346 g/mol. The molecule has 1 aliphatic carbocycles. The highest BCUT2D eigenvalue weighted by molar-refractivity contribution is 5.83. The summed E-state index contributed by atoms with van der Waals surface area (Å²) in [4.78, 5) is 2.63. The molecule has 0 aromatic heterocycles. The molecule has 1 aliphatic heterocycles. The van der Waals surface area contributed by atoms with Gasteiger partial charge in [0.2, 0.25) is 0 Å². The zero-order chi connectivity index (χ0) is 19.1. The van der Waals surface area contributed by atoms with E-state index >= 15 is 0 Å². The molecule has 3 aromatic rings. The van der Waals surface area contributed by atoms with Gasteiger partial charge >= 0.3 is 0 Å². The van der Waals surface area contributed by atoms with Crippen molar-refractivity contribution in [3.63, 3.8) is 0 Å². The van der Waals surface area contributed by atoms with E-state index in [-0.39, 0.29) is 0 Å². The largest absolute Gasteiger partial charge is 0.493 e. The molecular formula is C25H25NO2. The molecule has 0 radical (unpaired) electrons. The van der Waals surface area contributed by atoms with Crippen LogP contribution in [0.5, 0.6) is 11.5 Å². The van der Waals surface area contributed by atoms with Crippen LogP contribution in [0, 0.1) is 0 Å². The number of benzene rings is 3. The van der Waals surface area contributed by atoms with Crippen LogP contribution in [-0.2, 0) is 19.4 Å². The van der Waals surface area contributed by atoms with Crippen molar-refractivity contribution < 1.29 is 9.47 Å². The van der Waals surface area contributed by atoms with Crippen molar-refractivity contribution in [2.45, 2.75) is 25.4 Å². The molecule has 3 aromatic carbocycles. The molecule has 0 saturated carbocycles. The van der Waals surface area contributed by atoms with E-state index in [9.17, 15) is 0 Å². The number of nitrogens with zero attached hydrogens (tertiary/aromatic N) is 1. The molecule has 0 fully saturated rings. The summed E-state index contributed by atoms with van der Waals surface area (Å²) in [7, 11) is 3.48. The van der Waals surface area contributed by atoms with Gasteiger partial charge in [0, 0.05) is 24.7 Å². The van der Waals surface area contributed by atoms with Gasteiger partial charge in [-0.2, -0.15) is 0 Å². The third kappa shape index (κ3) is 2.70. The molecule has 2 aliphatic rings. The summed E-state index contributed by atoms with van der Waals surface area (Å²) < 4.78 is 11.6. The van der Waals surface area contributed by atoms with Crippen molar-refractivity contribution in [1.29, 1.82) is 0 Å². The van der Waals surface area contributed by atoms with Gasteiger partial charge in [0.1, 0.15) is 0 Å². The zero-order valence-corrected chi connectivity index (χ0v) is 16.4. The number of fused-ring (bicyclic) bond motifs is 2. The van der Waals surface area contributed by atoms with Gasteiger partial charge < -0.3 is 9.47 Å². The number of methoxy groups -OCH3 is 2. The van der Waals surface area contributed by atoms with Crippen LogP contribution in [0.3, 0.4) is 0 Å². The SMILES string of the molecule is COc1cc2c3c(c1OC)-c1ccccc1CC3N(Cc1ccccc1)CC2. The minimum atomic E-state index is 0.369. The lowest BCUT2D eigenvalue weighted by Gasteiger charge is -2.42. The Labute approximate surface area is 166 Å². The number of ether oxygens (including phenoxy) is 2. The molecule has 1 unspecified atom stereocenters. The van der Waals surface area contributed by atoms with E-state index < -0.39 is 0 Å². The van der Waals surface area contributed by atoms with E-state index in [1.54, 1.807) is 14.2 Å². The van der Waals surface area contributed by atoms with Crippen LogP contribution in [0.2, 0.25) is 0 Å². The predicted molar refractivity (Wildman–Crippen MR) is 112 cm³/mol. The maximum absolute atomic E-state index is 5.87. The normalized spacial score (nSPS) is 17.6. The van der Waals surface area contributed by atoms with E-state index in [1.807, 2.05) is 0 Å². The molecule has 0 amide bonds. The Morgan fingerprint density at radius 2 is 1.71 bits per heavy atom. The van der Waals surface area contributed by atoms with Gasteiger partial charge in [-0.1, -0.05) is 54.6 Å². The second kappa shape index (κ2) is 6.99. The van der Waals surface area contributed by atoms with Crippen LogP contribution in [-0.4, -0.2) is 25.7 Å². The Morgan fingerprint density at radius 1 is 0.929 bits per heavy atom. The highest BCUT2D eigenvalue weighted by atomic mass is 16.5. The van der Waals surface area contributed by atoms with Crippen molar-refractivity contribution >= 4 is 0 Å². The molecule has 5 rings (SSSR count). The average Bonchev–Trinajstić information content (AvgIpc) is 2.75. The van der Waals surface area contributed by atoms with Crippen molar-refractivity contribution in [2.24, 2.45) is 0 Å². The Bertz CT molecular complexity index is 1010. The lowest BCUT2D eigenvalue weighted by Crippen LogP contribution is -2.38. The lowest BCUT2D eigenvalue weighted by molar-refractivity contribution is 0.173. The fourth-order valence-corrected chi connectivity index (χ4v) is 4.91. The Hall–Kier alpha value is -2.78. The first-order valence-corrected chi connectivity index (χ1v) is 9.94. The fraction of sp³-hybridized carbons (Fsp3) is 0.280. The van der Waals surface area contributed by atoms with Gasteiger partial charge in [0.25, 0.3) is 0 Å². The fourth-order valence-electron chi connectivity index (χ4n) is 4.91. The quantitative estimate of drug-likeness (QED) is 0.642. The maximum atomic E-state index is 5.87. The van der Waals surface area contributed by atoms with Crippen molar-refractivity contribution in [3.05, 3.63) is 82.9 Å².